The van der Waals surface area contributed by atoms with E-state index in [9.17, 15) is 19.3 Å². The molecule has 0 unspecified atom stereocenters. The Morgan fingerprint density at radius 3 is 2.71 bits per heavy atom. The van der Waals surface area contributed by atoms with Crippen LogP contribution in [0.3, 0.4) is 0 Å². The maximum atomic E-state index is 13.9. The van der Waals surface area contributed by atoms with Crippen molar-refractivity contribution in [2.24, 2.45) is 5.10 Å². The van der Waals surface area contributed by atoms with Crippen molar-refractivity contribution in [3.8, 4) is 11.5 Å². The van der Waals surface area contributed by atoms with E-state index in [0.717, 1.165) is 4.70 Å². The van der Waals surface area contributed by atoms with Gasteiger partial charge in [-0.3, -0.25) is 14.9 Å². The second kappa shape index (κ2) is 10.7. The molecule has 4 aromatic rings. The quantitative estimate of drug-likeness (QED) is 0.183. The highest BCUT2D eigenvalue weighted by molar-refractivity contribution is 7.20. The summed E-state index contributed by atoms with van der Waals surface area (Å²) in [6.07, 6.45) is 1.46. The normalized spacial score (nSPS) is 11.0. The Morgan fingerprint density at radius 2 is 1.94 bits per heavy atom. The Bertz CT molecular complexity index is 1420. The number of non-ortho nitro benzene ring substituents is 1. The van der Waals surface area contributed by atoms with E-state index in [4.69, 9.17) is 9.47 Å². The van der Waals surface area contributed by atoms with Crippen molar-refractivity contribution in [3.05, 3.63) is 98.7 Å². The van der Waals surface area contributed by atoms with Crippen molar-refractivity contribution in [1.82, 2.24) is 5.43 Å². The van der Waals surface area contributed by atoms with Crippen LogP contribution in [0.15, 0.2) is 71.8 Å². The topological polar surface area (TPSA) is 103 Å². The molecule has 1 heterocycles. The molecule has 178 valence electrons. The smallest absolute Gasteiger partial charge is 0.281 e. The SMILES string of the molecule is CCOc1cc(C=NNC(=O)c2cc3cc([N+](=O)[O-])ccc3s2)ccc1OCc1ccccc1F. The number of nitrogens with zero attached hydrogens (tertiary/aromatic N) is 2. The first-order valence-electron chi connectivity index (χ1n) is 10.6. The van der Waals surface area contributed by atoms with Gasteiger partial charge in [0.2, 0.25) is 0 Å². The van der Waals surface area contributed by atoms with Crippen molar-refractivity contribution >= 4 is 39.2 Å². The minimum atomic E-state index is -0.478. The average molecular weight is 494 g/mol. The predicted molar refractivity (Wildman–Crippen MR) is 132 cm³/mol. The highest BCUT2D eigenvalue weighted by Crippen LogP contribution is 2.30. The van der Waals surface area contributed by atoms with Crippen LogP contribution in [-0.4, -0.2) is 23.7 Å². The number of hydrazone groups is 1. The third-order valence-electron chi connectivity index (χ3n) is 4.92. The maximum absolute atomic E-state index is 13.9. The fraction of sp³-hybridized carbons (Fsp3) is 0.120. The van der Waals surface area contributed by atoms with Crippen LogP contribution in [0.5, 0.6) is 11.5 Å². The predicted octanol–water partition coefficient (Wildman–Crippen LogP) is 5.69. The van der Waals surface area contributed by atoms with Gasteiger partial charge in [0, 0.05) is 27.8 Å². The molecule has 35 heavy (non-hydrogen) atoms. The fourth-order valence-corrected chi connectivity index (χ4v) is 4.17. The lowest BCUT2D eigenvalue weighted by atomic mass is 10.2. The van der Waals surface area contributed by atoms with Crippen LogP contribution in [0.4, 0.5) is 10.1 Å². The summed E-state index contributed by atoms with van der Waals surface area (Å²) in [5.74, 6) is 0.141. The minimum Gasteiger partial charge on any atom is -0.490 e. The van der Waals surface area contributed by atoms with Crippen LogP contribution in [0.2, 0.25) is 0 Å². The Balaban J connectivity index is 1.43. The van der Waals surface area contributed by atoms with E-state index in [-0.39, 0.29) is 18.1 Å². The number of thiophene rings is 1. The number of nitrogens with one attached hydrogen (secondary N) is 1. The van der Waals surface area contributed by atoms with E-state index in [1.807, 2.05) is 6.92 Å². The number of amides is 1. The molecule has 1 N–H and O–H groups in total. The van der Waals surface area contributed by atoms with Gasteiger partial charge >= 0.3 is 0 Å². The van der Waals surface area contributed by atoms with Gasteiger partial charge in [-0.2, -0.15) is 5.10 Å². The molecule has 0 fully saturated rings. The molecule has 0 aliphatic heterocycles. The Morgan fingerprint density at radius 1 is 1.11 bits per heavy atom. The largest absolute Gasteiger partial charge is 0.490 e. The molecule has 1 amide bonds. The standard InChI is InChI=1S/C25H20FN3O5S/c1-2-33-22-11-16(7-9-21(22)34-15-17-5-3-4-6-20(17)26)14-27-28-25(30)24-13-18-12-19(29(31)32)8-10-23(18)35-24/h3-14H,2,15H2,1H3,(H,28,30). The zero-order chi connectivity index (χ0) is 24.8. The van der Waals surface area contributed by atoms with Gasteiger partial charge in [0.05, 0.1) is 22.6 Å². The molecule has 3 aromatic carbocycles. The summed E-state index contributed by atoms with van der Waals surface area (Å²) in [6.45, 7) is 2.29. The van der Waals surface area contributed by atoms with Crippen LogP contribution in [0.1, 0.15) is 27.7 Å². The highest BCUT2D eigenvalue weighted by atomic mass is 32.1. The summed E-state index contributed by atoms with van der Waals surface area (Å²) in [4.78, 5) is 23.3. The van der Waals surface area contributed by atoms with Gasteiger partial charge in [0.15, 0.2) is 11.5 Å². The lowest BCUT2D eigenvalue weighted by molar-refractivity contribution is -0.384. The maximum Gasteiger partial charge on any atom is 0.281 e. The number of nitro benzene ring substituents is 1. The molecule has 1 aromatic heterocycles. The molecule has 0 radical (unpaired) electrons. The number of ether oxygens (including phenoxy) is 2. The summed E-state index contributed by atoms with van der Waals surface area (Å²) in [5.41, 5.74) is 3.50. The first-order valence-corrected chi connectivity index (χ1v) is 11.4. The van der Waals surface area contributed by atoms with Crippen LogP contribution >= 0.6 is 11.3 Å². The van der Waals surface area contributed by atoms with E-state index >= 15 is 0 Å². The number of hydrogen-bond donors (Lipinski definition) is 1. The summed E-state index contributed by atoms with van der Waals surface area (Å²) in [5, 5.41) is 15.6. The summed E-state index contributed by atoms with van der Waals surface area (Å²) in [7, 11) is 0. The van der Waals surface area contributed by atoms with Crippen molar-refractivity contribution in [3.63, 3.8) is 0 Å². The van der Waals surface area contributed by atoms with Gasteiger partial charge < -0.3 is 9.47 Å². The van der Waals surface area contributed by atoms with Crippen molar-refractivity contribution in [2.75, 3.05) is 6.61 Å². The molecule has 0 atom stereocenters. The van der Waals surface area contributed by atoms with E-state index in [1.54, 1.807) is 48.5 Å². The minimum absolute atomic E-state index is 0.0355. The number of hydrogen-bond acceptors (Lipinski definition) is 7. The van der Waals surface area contributed by atoms with Crippen LogP contribution in [0, 0.1) is 15.9 Å². The monoisotopic (exact) mass is 493 g/mol. The summed E-state index contributed by atoms with van der Waals surface area (Å²) >= 11 is 1.22. The number of rotatable bonds is 9. The van der Waals surface area contributed by atoms with Gasteiger partial charge in [-0.15, -0.1) is 11.3 Å². The first-order chi connectivity index (χ1) is 16.9. The first kappa shape index (κ1) is 23.8. The van der Waals surface area contributed by atoms with E-state index < -0.39 is 10.8 Å². The van der Waals surface area contributed by atoms with Crippen molar-refractivity contribution in [2.45, 2.75) is 13.5 Å². The van der Waals surface area contributed by atoms with Crippen LogP contribution in [0.25, 0.3) is 10.1 Å². The van der Waals surface area contributed by atoms with Crippen LogP contribution < -0.4 is 14.9 Å². The Kier molecular flexibility index (Phi) is 7.32. The summed E-state index contributed by atoms with van der Waals surface area (Å²) in [6, 6.07) is 17.5. The molecule has 10 heteroatoms. The third-order valence-corrected chi connectivity index (χ3v) is 6.04. The highest BCUT2D eigenvalue weighted by Gasteiger charge is 2.13. The van der Waals surface area contributed by atoms with Gasteiger partial charge in [0.1, 0.15) is 12.4 Å². The number of nitro groups is 1. The van der Waals surface area contributed by atoms with E-state index in [2.05, 4.69) is 10.5 Å². The number of fused-ring (bicyclic) bond motifs is 1. The Labute approximate surface area is 203 Å². The average Bonchev–Trinajstić information content (AvgIpc) is 3.28. The van der Waals surface area contributed by atoms with Gasteiger partial charge in [-0.25, -0.2) is 9.82 Å². The lowest BCUT2D eigenvalue weighted by Gasteiger charge is -2.13. The van der Waals surface area contributed by atoms with Gasteiger partial charge in [0.25, 0.3) is 11.6 Å². The zero-order valence-electron chi connectivity index (χ0n) is 18.6. The van der Waals surface area contributed by atoms with Gasteiger partial charge in [-0.05, 0) is 48.9 Å². The second-order valence-electron chi connectivity index (χ2n) is 7.31. The molecule has 0 saturated heterocycles. The number of carbonyl (C=O) groups is 1. The van der Waals surface area contributed by atoms with Crippen molar-refractivity contribution < 1.29 is 23.6 Å². The molecule has 4 rings (SSSR count). The molecule has 0 saturated carbocycles. The molecule has 0 spiro atoms. The third kappa shape index (κ3) is 5.79. The second-order valence-corrected chi connectivity index (χ2v) is 8.39. The molecular weight excluding hydrogens is 473 g/mol. The molecule has 0 bridgehead atoms. The zero-order valence-corrected chi connectivity index (χ0v) is 19.4. The van der Waals surface area contributed by atoms with E-state index in [1.165, 1.54) is 35.8 Å². The molecule has 0 aliphatic carbocycles. The number of carbonyl (C=O) groups excluding carboxylic acids is 1. The lowest BCUT2D eigenvalue weighted by Crippen LogP contribution is -2.16. The van der Waals surface area contributed by atoms with Gasteiger partial charge in [-0.1, -0.05) is 18.2 Å². The molecular formula is C25H20FN3O5S. The van der Waals surface area contributed by atoms with E-state index in [0.29, 0.717) is 39.5 Å². The van der Waals surface area contributed by atoms with Crippen molar-refractivity contribution in [1.29, 1.82) is 0 Å². The molecule has 0 aliphatic rings. The summed E-state index contributed by atoms with van der Waals surface area (Å²) < 4.78 is 26.0. The fourth-order valence-electron chi connectivity index (χ4n) is 3.24. The Hall–Kier alpha value is -4.31. The number of halogens is 1. The molecule has 8 nitrogen and oxygen atoms in total. The van der Waals surface area contributed by atoms with Crippen LogP contribution in [-0.2, 0) is 6.61 Å². The number of benzene rings is 3.